The summed E-state index contributed by atoms with van der Waals surface area (Å²) in [5.41, 5.74) is 6.97. The number of anilines is 1. The number of aromatic hydroxyl groups is 1. The summed E-state index contributed by atoms with van der Waals surface area (Å²) in [6.45, 7) is 1.65. The summed E-state index contributed by atoms with van der Waals surface area (Å²) < 4.78 is 0. The highest BCUT2D eigenvalue weighted by molar-refractivity contribution is 6.10. The minimum absolute atomic E-state index is 0.0919. The normalized spacial score (nSPS) is 10.7. The molecule has 5 N–H and O–H groups in total. The van der Waals surface area contributed by atoms with E-state index in [1.807, 2.05) is 0 Å². The van der Waals surface area contributed by atoms with Crippen molar-refractivity contribution in [3.63, 3.8) is 0 Å². The van der Waals surface area contributed by atoms with E-state index < -0.39 is 5.97 Å². The van der Waals surface area contributed by atoms with Gasteiger partial charge in [-0.2, -0.15) is 0 Å². The van der Waals surface area contributed by atoms with E-state index in [0.717, 1.165) is 0 Å². The Morgan fingerprint density at radius 2 is 2.13 bits per heavy atom. The first-order valence-electron chi connectivity index (χ1n) is 4.35. The van der Waals surface area contributed by atoms with Gasteiger partial charge in [0, 0.05) is 16.6 Å². The molecule has 15 heavy (non-hydrogen) atoms. The molecule has 0 bridgehead atoms. The second-order valence-corrected chi connectivity index (χ2v) is 3.35. The van der Waals surface area contributed by atoms with E-state index in [4.69, 9.17) is 10.8 Å². The number of rotatable bonds is 1. The molecule has 5 nitrogen and oxygen atoms in total. The fraction of sp³-hybridized carbons (Fsp3) is 0.100. The molecule has 2 aromatic rings. The Labute approximate surface area is 85.1 Å². The topological polar surface area (TPSA) is 99.3 Å². The van der Waals surface area contributed by atoms with Crippen molar-refractivity contribution in [2.45, 2.75) is 6.92 Å². The largest absolute Gasteiger partial charge is 0.506 e. The summed E-state index contributed by atoms with van der Waals surface area (Å²) >= 11 is 0. The second-order valence-electron chi connectivity index (χ2n) is 3.35. The number of nitrogen functional groups attached to an aromatic ring is 1. The van der Waals surface area contributed by atoms with Gasteiger partial charge in [0.05, 0.1) is 11.3 Å². The number of phenolic OH excluding ortho intramolecular Hbond substituents is 1. The third-order valence-electron chi connectivity index (χ3n) is 2.38. The Morgan fingerprint density at radius 3 is 2.73 bits per heavy atom. The van der Waals surface area contributed by atoms with Gasteiger partial charge in [0.1, 0.15) is 5.75 Å². The highest BCUT2D eigenvalue weighted by Gasteiger charge is 2.18. The number of fused-ring (bicyclic) bond motifs is 1. The minimum Gasteiger partial charge on any atom is -0.506 e. The van der Waals surface area contributed by atoms with Gasteiger partial charge in [0.2, 0.25) is 0 Å². The van der Waals surface area contributed by atoms with Gasteiger partial charge in [-0.3, -0.25) is 0 Å². The van der Waals surface area contributed by atoms with Crippen LogP contribution in [-0.4, -0.2) is 21.2 Å². The van der Waals surface area contributed by atoms with Crippen LogP contribution in [0.1, 0.15) is 16.1 Å². The molecule has 0 unspecified atom stereocenters. The number of carboxylic acid groups (broad SMARTS) is 1. The van der Waals surface area contributed by atoms with Crippen molar-refractivity contribution in [1.82, 2.24) is 4.98 Å². The highest BCUT2D eigenvalue weighted by Crippen LogP contribution is 2.33. The van der Waals surface area contributed by atoms with E-state index >= 15 is 0 Å². The quantitative estimate of drug-likeness (QED) is 0.419. The predicted molar refractivity (Wildman–Crippen MR) is 56.1 cm³/mol. The lowest BCUT2D eigenvalue weighted by molar-refractivity contribution is 0.0698. The first-order valence-corrected chi connectivity index (χ1v) is 4.35. The average molecular weight is 206 g/mol. The van der Waals surface area contributed by atoms with Crippen molar-refractivity contribution in [1.29, 1.82) is 0 Å². The monoisotopic (exact) mass is 206 g/mol. The molecule has 1 aromatic heterocycles. The van der Waals surface area contributed by atoms with Crippen LogP contribution in [0.25, 0.3) is 10.9 Å². The van der Waals surface area contributed by atoms with Gasteiger partial charge < -0.3 is 20.9 Å². The molecule has 1 heterocycles. The van der Waals surface area contributed by atoms with Gasteiger partial charge in [-0.05, 0) is 19.1 Å². The first kappa shape index (κ1) is 9.39. The molecule has 0 atom stereocenters. The van der Waals surface area contributed by atoms with Crippen LogP contribution in [0, 0.1) is 6.92 Å². The Balaban J connectivity index is 2.96. The SMILES string of the molecule is Cc1[nH]c2ccc(O)c(N)c2c1C(=O)O. The fourth-order valence-electron chi connectivity index (χ4n) is 1.70. The summed E-state index contributed by atoms with van der Waals surface area (Å²) in [6, 6.07) is 3.03. The van der Waals surface area contributed by atoms with Crippen LogP contribution in [0.2, 0.25) is 0 Å². The van der Waals surface area contributed by atoms with Crippen molar-refractivity contribution in [3.05, 3.63) is 23.4 Å². The smallest absolute Gasteiger partial charge is 0.338 e. The number of hydrogen-bond donors (Lipinski definition) is 4. The third kappa shape index (κ3) is 1.20. The minimum atomic E-state index is -1.06. The standard InChI is InChI=1S/C10H10N2O3/c1-4-7(10(14)15)8-5(12-4)2-3-6(13)9(8)11/h2-3,12-13H,11H2,1H3,(H,14,15). The first-order chi connectivity index (χ1) is 7.02. The van der Waals surface area contributed by atoms with Crippen LogP contribution in [0.3, 0.4) is 0 Å². The van der Waals surface area contributed by atoms with Crippen LogP contribution in [0.5, 0.6) is 5.75 Å². The number of nitrogens with two attached hydrogens (primary N) is 1. The summed E-state index contributed by atoms with van der Waals surface area (Å²) in [6.07, 6.45) is 0. The van der Waals surface area contributed by atoms with E-state index in [9.17, 15) is 9.90 Å². The molecule has 0 saturated heterocycles. The molecule has 0 spiro atoms. The summed E-state index contributed by atoms with van der Waals surface area (Å²) in [5, 5.41) is 18.8. The van der Waals surface area contributed by atoms with Crippen LogP contribution >= 0.6 is 0 Å². The van der Waals surface area contributed by atoms with Crippen LogP contribution < -0.4 is 5.73 Å². The molecular weight excluding hydrogens is 196 g/mol. The van der Waals surface area contributed by atoms with E-state index in [1.54, 1.807) is 13.0 Å². The lowest BCUT2D eigenvalue weighted by Crippen LogP contribution is -1.99. The van der Waals surface area contributed by atoms with Crippen molar-refractivity contribution in [3.8, 4) is 5.75 Å². The molecule has 0 saturated carbocycles. The zero-order valence-electron chi connectivity index (χ0n) is 8.03. The van der Waals surface area contributed by atoms with E-state index in [-0.39, 0.29) is 17.0 Å². The van der Waals surface area contributed by atoms with Crippen molar-refractivity contribution < 1.29 is 15.0 Å². The molecule has 2 rings (SSSR count). The number of aromatic nitrogens is 1. The number of aromatic carboxylic acids is 1. The number of nitrogens with one attached hydrogen (secondary N) is 1. The highest BCUT2D eigenvalue weighted by atomic mass is 16.4. The number of carboxylic acids is 1. The molecule has 0 amide bonds. The molecule has 78 valence electrons. The average Bonchev–Trinajstić information content (AvgIpc) is 2.49. The summed E-state index contributed by atoms with van der Waals surface area (Å²) in [5.74, 6) is -1.17. The number of phenols is 1. The summed E-state index contributed by atoms with van der Waals surface area (Å²) in [4.78, 5) is 13.9. The Kier molecular flexibility index (Phi) is 1.82. The molecule has 0 aliphatic carbocycles. The zero-order valence-corrected chi connectivity index (χ0v) is 8.03. The number of aromatic amines is 1. The van der Waals surface area contributed by atoms with E-state index in [1.165, 1.54) is 6.07 Å². The molecule has 1 aromatic carbocycles. The van der Waals surface area contributed by atoms with E-state index in [0.29, 0.717) is 16.6 Å². The van der Waals surface area contributed by atoms with Gasteiger partial charge in [0.25, 0.3) is 0 Å². The predicted octanol–water partition coefficient (Wildman–Crippen LogP) is 1.46. The van der Waals surface area contributed by atoms with Gasteiger partial charge in [-0.25, -0.2) is 4.79 Å². The number of H-pyrrole nitrogens is 1. The number of hydrogen-bond acceptors (Lipinski definition) is 3. The third-order valence-corrected chi connectivity index (χ3v) is 2.38. The number of benzene rings is 1. The maximum Gasteiger partial charge on any atom is 0.338 e. The Morgan fingerprint density at radius 1 is 1.47 bits per heavy atom. The molecule has 0 radical (unpaired) electrons. The molecule has 5 heteroatoms. The zero-order chi connectivity index (χ0) is 11.2. The Bertz CT molecular complexity index is 557. The van der Waals surface area contributed by atoms with Gasteiger partial charge in [-0.1, -0.05) is 0 Å². The maximum atomic E-state index is 11.0. The van der Waals surface area contributed by atoms with Crippen molar-refractivity contribution >= 4 is 22.6 Å². The lowest BCUT2D eigenvalue weighted by atomic mass is 10.1. The van der Waals surface area contributed by atoms with Gasteiger partial charge >= 0.3 is 5.97 Å². The molecular formula is C10H10N2O3. The van der Waals surface area contributed by atoms with Gasteiger partial charge in [0.15, 0.2) is 0 Å². The molecule has 0 aliphatic heterocycles. The number of carbonyl (C=O) groups is 1. The summed E-state index contributed by atoms with van der Waals surface area (Å²) in [7, 11) is 0. The van der Waals surface area contributed by atoms with Gasteiger partial charge in [-0.15, -0.1) is 0 Å². The van der Waals surface area contributed by atoms with E-state index in [2.05, 4.69) is 4.98 Å². The lowest BCUT2D eigenvalue weighted by Gasteiger charge is -2.01. The van der Waals surface area contributed by atoms with Crippen molar-refractivity contribution in [2.24, 2.45) is 0 Å². The number of aryl methyl sites for hydroxylation is 1. The molecule has 0 aliphatic rings. The van der Waals surface area contributed by atoms with Crippen LogP contribution in [-0.2, 0) is 0 Å². The maximum absolute atomic E-state index is 11.0. The Hall–Kier alpha value is -2.17. The fourth-order valence-corrected chi connectivity index (χ4v) is 1.70. The second kappa shape index (κ2) is 2.91. The molecule has 0 fully saturated rings. The van der Waals surface area contributed by atoms with Crippen LogP contribution in [0.15, 0.2) is 12.1 Å². The van der Waals surface area contributed by atoms with Crippen LogP contribution in [0.4, 0.5) is 5.69 Å². The van der Waals surface area contributed by atoms with Crippen molar-refractivity contribution in [2.75, 3.05) is 5.73 Å².